The van der Waals surface area contributed by atoms with Gasteiger partial charge in [-0.15, -0.1) is 5.10 Å². The molecule has 1 N–H and O–H groups in total. The zero-order valence-corrected chi connectivity index (χ0v) is 22.9. The second-order valence-corrected chi connectivity index (χ2v) is 10.8. The van der Waals surface area contributed by atoms with Gasteiger partial charge in [-0.3, -0.25) is 18.7 Å². The predicted molar refractivity (Wildman–Crippen MR) is 150 cm³/mol. The lowest BCUT2D eigenvalue weighted by molar-refractivity contribution is 0.0996. The van der Waals surface area contributed by atoms with Crippen LogP contribution in [-0.4, -0.2) is 41.6 Å². The molecular weight excluding hydrogens is 533 g/mol. The largest absolute Gasteiger partial charge is 0.336 e. The van der Waals surface area contributed by atoms with E-state index in [9.17, 15) is 18.8 Å². The smallest absolute Gasteiger partial charge is 0.333 e. The number of amides is 1. The predicted octanol–water partition coefficient (Wildman–Crippen LogP) is 4.00. The fraction of sp³-hybridized carbons (Fsp3) is 0.286. The minimum atomic E-state index is -0.533. The van der Waals surface area contributed by atoms with Crippen molar-refractivity contribution in [3.05, 3.63) is 103 Å². The Kier molecular flexibility index (Phi) is 6.41. The molecule has 204 valence electrons. The first kappa shape index (κ1) is 25.8. The monoisotopic (exact) mass is 559 g/mol. The summed E-state index contributed by atoms with van der Waals surface area (Å²) in [5, 5.41) is 3.91. The molecule has 1 saturated carbocycles. The first-order valence-electron chi connectivity index (χ1n) is 12.9. The average Bonchev–Trinajstić information content (AvgIpc) is 3.54. The number of aromatic amines is 1. The summed E-state index contributed by atoms with van der Waals surface area (Å²) in [7, 11) is 1.70. The van der Waals surface area contributed by atoms with Gasteiger partial charge in [-0.25, -0.2) is 14.2 Å². The first-order chi connectivity index (χ1) is 19.2. The molecule has 1 aliphatic carbocycles. The number of rotatable bonds is 7. The van der Waals surface area contributed by atoms with Crippen molar-refractivity contribution in [1.29, 1.82) is 0 Å². The van der Waals surface area contributed by atoms with Crippen LogP contribution in [0.4, 0.5) is 10.1 Å². The maximum atomic E-state index is 14.4. The third-order valence-corrected chi connectivity index (χ3v) is 8.18. The lowest BCUT2D eigenvalue weighted by Gasteiger charge is -2.17. The molecule has 1 aliphatic rings. The van der Waals surface area contributed by atoms with Crippen LogP contribution in [0.15, 0.2) is 58.1 Å². The van der Waals surface area contributed by atoms with Crippen molar-refractivity contribution in [3.63, 3.8) is 0 Å². The minimum absolute atomic E-state index is 0.0429. The Morgan fingerprint density at radius 2 is 1.90 bits per heavy atom. The number of carbonyl (C=O) groups excluding carboxylic acids is 1. The van der Waals surface area contributed by atoms with Gasteiger partial charge in [-0.2, -0.15) is 0 Å². The van der Waals surface area contributed by atoms with Crippen molar-refractivity contribution in [3.8, 4) is 0 Å². The fourth-order valence-corrected chi connectivity index (χ4v) is 5.43. The number of fused-ring (bicyclic) bond motifs is 1. The highest BCUT2D eigenvalue weighted by Gasteiger charge is 2.31. The molecule has 3 heterocycles. The van der Waals surface area contributed by atoms with Crippen LogP contribution >= 0.6 is 11.5 Å². The number of hydrogen-bond acceptors (Lipinski definition) is 7. The number of benzene rings is 2. The van der Waals surface area contributed by atoms with E-state index in [0.29, 0.717) is 27.7 Å². The molecule has 1 amide bonds. The Labute approximate surface area is 231 Å². The summed E-state index contributed by atoms with van der Waals surface area (Å²) in [5.41, 5.74) is 1.99. The lowest BCUT2D eigenvalue weighted by Crippen LogP contribution is -2.40. The quantitative estimate of drug-likeness (QED) is 0.322. The number of carbonyl (C=O) groups is 1. The van der Waals surface area contributed by atoms with Gasteiger partial charge in [0, 0.05) is 30.3 Å². The van der Waals surface area contributed by atoms with Gasteiger partial charge in [0.15, 0.2) is 5.65 Å². The van der Waals surface area contributed by atoms with E-state index in [4.69, 9.17) is 4.98 Å². The van der Waals surface area contributed by atoms with Crippen LogP contribution in [0.5, 0.6) is 0 Å². The van der Waals surface area contributed by atoms with Gasteiger partial charge in [-0.1, -0.05) is 41.7 Å². The normalized spacial score (nSPS) is 14.0. The summed E-state index contributed by atoms with van der Waals surface area (Å²) in [6.07, 6.45) is 1.63. The number of aromatic nitrogens is 6. The Balaban J connectivity index is 1.34. The fourth-order valence-electron chi connectivity index (χ4n) is 4.79. The Bertz CT molecular complexity index is 1870. The van der Waals surface area contributed by atoms with Crippen molar-refractivity contribution >= 4 is 34.3 Å². The number of halogens is 1. The van der Waals surface area contributed by atoms with E-state index < -0.39 is 17.1 Å². The highest BCUT2D eigenvalue weighted by Crippen LogP contribution is 2.35. The molecule has 0 saturated heterocycles. The zero-order chi connectivity index (χ0) is 28.1. The van der Waals surface area contributed by atoms with Crippen LogP contribution in [0.3, 0.4) is 0 Å². The molecule has 0 bridgehead atoms. The maximum absolute atomic E-state index is 14.4. The van der Waals surface area contributed by atoms with Crippen LogP contribution in [0.25, 0.3) is 11.2 Å². The van der Waals surface area contributed by atoms with E-state index in [0.717, 1.165) is 34.5 Å². The van der Waals surface area contributed by atoms with Crippen molar-refractivity contribution in [2.45, 2.75) is 45.2 Å². The molecule has 0 spiro atoms. The van der Waals surface area contributed by atoms with Crippen LogP contribution in [0, 0.1) is 12.7 Å². The topological polar surface area (TPSA) is 119 Å². The van der Waals surface area contributed by atoms with E-state index in [2.05, 4.69) is 14.6 Å². The molecule has 12 heteroatoms. The van der Waals surface area contributed by atoms with Crippen LogP contribution in [0.2, 0.25) is 0 Å². The Morgan fingerprint density at radius 3 is 2.55 bits per heavy atom. The van der Waals surface area contributed by atoms with E-state index in [-0.39, 0.29) is 35.5 Å². The van der Waals surface area contributed by atoms with Gasteiger partial charge in [0.1, 0.15) is 22.0 Å². The third-order valence-electron chi connectivity index (χ3n) is 7.37. The van der Waals surface area contributed by atoms with Crippen molar-refractivity contribution in [2.75, 3.05) is 11.9 Å². The van der Waals surface area contributed by atoms with Gasteiger partial charge in [0.2, 0.25) is 0 Å². The Morgan fingerprint density at radius 1 is 1.18 bits per heavy atom. The highest BCUT2D eigenvalue weighted by atomic mass is 32.1. The molecule has 40 heavy (non-hydrogen) atoms. The van der Waals surface area contributed by atoms with E-state index in [1.165, 1.54) is 6.07 Å². The summed E-state index contributed by atoms with van der Waals surface area (Å²) >= 11 is 1.06. The van der Waals surface area contributed by atoms with Gasteiger partial charge in [-0.05, 0) is 55.1 Å². The molecule has 0 aliphatic heterocycles. The van der Waals surface area contributed by atoms with Gasteiger partial charge >= 0.3 is 5.69 Å². The first-order valence-corrected chi connectivity index (χ1v) is 13.7. The number of nitrogens with one attached hydrogen (secondary N) is 1. The van der Waals surface area contributed by atoms with Crippen LogP contribution in [-0.2, 0) is 6.54 Å². The van der Waals surface area contributed by atoms with E-state index in [1.807, 2.05) is 31.2 Å². The summed E-state index contributed by atoms with van der Waals surface area (Å²) in [6.45, 7) is 3.53. The molecule has 10 nitrogen and oxygen atoms in total. The molecule has 1 atom stereocenters. The number of nitrogens with zero attached hydrogens (tertiary/aromatic N) is 6. The second kappa shape index (κ2) is 9.94. The molecule has 1 fully saturated rings. The van der Waals surface area contributed by atoms with Gasteiger partial charge < -0.3 is 9.88 Å². The molecular formula is C28H26FN7O3S. The summed E-state index contributed by atoms with van der Waals surface area (Å²) in [4.78, 5) is 49.6. The zero-order valence-electron chi connectivity index (χ0n) is 22.1. The van der Waals surface area contributed by atoms with Crippen molar-refractivity contribution in [2.24, 2.45) is 0 Å². The van der Waals surface area contributed by atoms with Crippen LogP contribution < -0.4 is 16.1 Å². The third kappa shape index (κ3) is 4.43. The summed E-state index contributed by atoms with van der Waals surface area (Å²) in [5.74, 6) is -0.360. The number of hydrogen-bond donors (Lipinski definition) is 1. The van der Waals surface area contributed by atoms with E-state index >= 15 is 0 Å². The van der Waals surface area contributed by atoms with E-state index in [1.54, 1.807) is 41.6 Å². The molecule has 3 aromatic heterocycles. The highest BCUT2D eigenvalue weighted by molar-refractivity contribution is 7.08. The second-order valence-electron chi connectivity index (χ2n) is 10.1. The summed E-state index contributed by atoms with van der Waals surface area (Å²) in [6, 6.07) is 13.6. The number of imidazole rings is 1. The maximum Gasteiger partial charge on any atom is 0.333 e. The molecule has 1 unspecified atom stereocenters. The molecule has 0 radical (unpaired) electrons. The number of aryl methyl sites for hydroxylation is 1. The van der Waals surface area contributed by atoms with Crippen LogP contribution in [0.1, 0.15) is 64.0 Å². The lowest BCUT2D eigenvalue weighted by atomic mass is 10.0. The van der Waals surface area contributed by atoms with Gasteiger partial charge in [0.25, 0.3) is 11.5 Å². The molecule has 6 rings (SSSR count). The Hall–Kier alpha value is -4.45. The van der Waals surface area contributed by atoms with Crippen molar-refractivity contribution < 1.29 is 9.18 Å². The van der Waals surface area contributed by atoms with Crippen molar-refractivity contribution in [1.82, 2.24) is 28.7 Å². The molecule has 2 aromatic carbocycles. The SMILES string of the molecule is Cc1nnsc1C(=O)N(C)c1ccc(C(C)c2nc3c([nH]2)c(=O)n(Cc2ccccc2F)c(=O)n3C2CC2)cc1. The molecule has 5 aromatic rings. The van der Waals surface area contributed by atoms with Gasteiger partial charge in [0.05, 0.1) is 12.2 Å². The number of anilines is 1. The average molecular weight is 560 g/mol. The standard InChI is InChI=1S/C28H26FN7O3S/c1-15(17-8-10-19(11-9-17)34(3)27(38)23-16(2)32-33-40-23)24-30-22-25(31-24)36(20-12-13-20)28(39)35(26(22)37)14-18-6-4-5-7-21(18)29/h4-11,15,20H,12-14H2,1-3H3,(H,30,31). The summed E-state index contributed by atoms with van der Waals surface area (Å²) < 4.78 is 20.8. The number of H-pyrrole nitrogens is 1. The minimum Gasteiger partial charge on any atom is -0.336 e.